The van der Waals surface area contributed by atoms with Gasteiger partial charge in [0.25, 0.3) is 0 Å². The van der Waals surface area contributed by atoms with Crippen molar-refractivity contribution in [2.24, 2.45) is 0 Å². The Labute approximate surface area is 120 Å². The lowest BCUT2D eigenvalue weighted by atomic mass is 10.0. The minimum absolute atomic E-state index is 0.119. The molecular weight excluding hydrogens is 238 g/mol. The Kier molecular flexibility index (Phi) is 14.2. The van der Waals surface area contributed by atoms with E-state index in [1.807, 2.05) is 0 Å². The van der Waals surface area contributed by atoms with Gasteiger partial charge in [-0.3, -0.25) is 0 Å². The van der Waals surface area contributed by atoms with Gasteiger partial charge in [-0.2, -0.15) is 0 Å². The van der Waals surface area contributed by atoms with E-state index < -0.39 is 0 Å². The van der Waals surface area contributed by atoms with E-state index in [0.717, 1.165) is 19.4 Å². The highest BCUT2D eigenvalue weighted by molar-refractivity contribution is 4.70. The van der Waals surface area contributed by atoms with Crippen molar-refractivity contribution in [1.29, 1.82) is 0 Å². The number of ether oxygens (including phenoxy) is 2. The van der Waals surface area contributed by atoms with E-state index in [-0.39, 0.29) is 6.29 Å². The summed E-state index contributed by atoms with van der Waals surface area (Å²) in [7, 11) is 3.44. The van der Waals surface area contributed by atoms with Crippen molar-refractivity contribution in [3.63, 3.8) is 0 Å². The summed E-state index contributed by atoms with van der Waals surface area (Å²) in [5.41, 5.74) is 0. The normalized spacial score (nSPS) is 13.1. The highest BCUT2D eigenvalue weighted by atomic mass is 16.7. The summed E-state index contributed by atoms with van der Waals surface area (Å²) < 4.78 is 10.8. The largest absolute Gasteiger partial charge is 0.354 e. The number of unbranched alkanes of at least 4 members (excludes halogenated alkanes) is 6. The Morgan fingerprint density at radius 1 is 0.789 bits per heavy atom. The van der Waals surface area contributed by atoms with Gasteiger partial charge in [0, 0.05) is 14.2 Å². The van der Waals surface area contributed by atoms with Crippen molar-refractivity contribution in [2.75, 3.05) is 20.8 Å². The zero-order chi connectivity index (χ0) is 14.3. The fraction of sp³-hybridized carbons (Fsp3) is 1.00. The molecule has 0 aliphatic carbocycles. The molecule has 1 atom stereocenters. The van der Waals surface area contributed by atoms with Gasteiger partial charge in [-0.05, 0) is 19.4 Å². The molecule has 0 saturated heterocycles. The maximum atomic E-state index is 5.38. The molecule has 0 bridgehead atoms. The van der Waals surface area contributed by atoms with Crippen LogP contribution in [0, 0.1) is 0 Å². The maximum Gasteiger partial charge on any atom is 0.171 e. The minimum Gasteiger partial charge on any atom is -0.354 e. The molecule has 0 spiro atoms. The van der Waals surface area contributed by atoms with Gasteiger partial charge in [0.1, 0.15) is 0 Å². The molecule has 1 N–H and O–H groups in total. The maximum absolute atomic E-state index is 5.38. The Hall–Kier alpha value is -0.120. The van der Waals surface area contributed by atoms with Crippen LogP contribution in [0.25, 0.3) is 0 Å². The summed E-state index contributed by atoms with van der Waals surface area (Å²) >= 11 is 0. The van der Waals surface area contributed by atoms with Crippen LogP contribution < -0.4 is 5.32 Å². The molecule has 0 aromatic rings. The van der Waals surface area contributed by atoms with Crippen molar-refractivity contribution in [3.05, 3.63) is 0 Å². The van der Waals surface area contributed by atoms with Crippen LogP contribution in [0.5, 0.6) is 0 Å². The molecule has 116 valence electrons. The molecule has 0 radical (unpaired) electrons. The van der Waals surface area contributed by atoms with Crippen molar-refractivity contribution >= 4 is 0 Å². The quantitative estimate of drug-likeness (QED) is 0.381. The summed E-state index contributed by atoms with van der Waals surface area (Å²) in [6.45, 7) is 5.48. The third-order valence-electron chi connectivity index (χ3n) is 3.57. The van der Waals surface area contributed by atoms with Crippen LogP contribution in [-0.4, -0.2) is 33.1 Å². The first kappa shape index (κ1) is 18.9. The summed E-state index contributed by atoms with van der Waals surface area (Å²) in [4.78, 5) is 0. The number of methoxy groups -OCH3 is 2. The van der Waals surface area contributed by atoms with E-state index in [2.05, 4.69) is 19.2 Å². The lowest BCUT2D eigenvalue weighted by Crippen LogP contribution is -2.42. The van der Waals surface area contributed by atoms with E-state index in [9.17, 15) is 0 Å². The first-order valence-corrected chi connectivity index (χ1v) is 8.09. The fourth-order valence-electron chi connectivity index (χ4n) is 2.41. The van der Waals surface area contributed by atoms with Gasteiger partial charge in [0.2, 0.25) is 0 Å². The topological polar surface area (TPSA) is 30.5 Å². The standard InChI is InChI=1S/C16H35NO2/c1-5-7-8-9-10-11-12-13-15(17-14-6-2)16(18-3)19-4/h15-17H,5-14H2,1-4H3. The van der Waals surface area contributed by atoms with E-state index in [0.29, 0.717) is 6.04 Å². The van der Waals surface area contributed by atoms with Gasteiger partial charge in [-0.1, -0.05) is 58.8 Å². The van der Waals surface area contributed by atoms with Crippen LogP contribution in [0.3, 0.4) is 0 Å². The predicted octanol–water partition coefficient (Wildman–Crippen LogP) is 4.11. The molecular formula is C16H35NO2. The Balaban J connectivity index is 3.72. The van der Waals surface area contributed by atoms with E-state index in [4.69, 9.17) is 9.47 Å². The molecule has 0 saturated carbocycles. The van der Waals surface area contributed by atoms with Crippen molar-refractivity contribution in [2.45, 2.75) is 84.0 Å². The lowest BCUT2D eigenvalue weighted by Gasteiger charge is -2.25. The number of hydrogen-bond acceptors (Lipinski definition) is 3. The van der Waals surface area contributed by atoms with E-state index in [1.165, 1.54) is 44.9 Å². The molecule has 0 fully saturated rings. The Bertz CT molecular complexity index is 172. The first-order valence-electron chi connectivity index (χ1n) is 8.09. The van der Waals surface area contributed by atoms with E-state index >= 15 is 0 Å². The Morgan fingerprint density at radius 2 is 1.37 bits per heavy atom. The molecule has 19 heavy (non-hydrogen) atoms. The van der Waals surface area contributed by atoms with E-state index in [1.54, 1.807) is 14.2 Å². The highest BCUT2D eigenvalue weighted by Crippen LogP contribution is 2.12. The monoisotopic (exact) mass is 273 g/mol. The zero-order valence-electron chi connectivity index (χ0n) is 13.5. The molecule has 0 aromatic heterocycles. The van der Waals surface area contributed by atoms with Gasteiger partial charge in [0.15, 0.2) is 6.29 Å². The molecule has 0 aliphatic rings. The summed E-state index contributed by atoms with van der Waals surface area (Å²) in [6.07, 6.45) is 11.6. The smallest absolute Gasteiger partial charge is 0.171 e. The minimum atomic E-state index is -0.119. The summed E-state index contributed by atoms with van der Waals surface area (Å²) in [5.74, 6) is 0. The number of hydrogen-bond donors (Lipinski definition) is 1. The fourth-order valence-corrected chi connectivity index (χ4v) is 2.41. The van der Waals surface area contributed by atoms with Crippen LogP contribution in [0.2, 0.25) is 0 Å². The third kappa shape index (κ3) is 10.3. The van der Waals surface area contributed by atoms with Crippen LogP contribution >= 0.6 is 0 Å². The molecule has 0 aliphatic heterocycles. The van der Waals surface area contributed by atoms with Gasteiger partial charge in [-0.15, -0.1) is 0 Å². The van der Waals surface area contributed by atoms with Crippen LogP contribution in [0.4, 0.5) is 0 Å². The predicted molar refractivity (Wildman–Crippen MR) is 82.5 cm³/mol. The Morgan fingerprint density at radius 3 is 1.89 bits per heavy atom. The highest BCUT2D eigenvalue weighted by Gasteiger charge is 2.19. The second-order valence-electron chi connectivity index (χ2n) is 5.31. The van der Waals surface area contributed by atoms with Crippen molar-refractivity contribution in [1.82, 2.24) is 5.32 Å². The average molecular weight is 273 g/mol. The van der Waals surface area contributed by atoms with Gasteiger partial charge in [0.05, 0.1) is 6.04 Å². The van der Waals surface area contributed by atoms with Crippen LogP contribution in [-0.2, 0) is 9.47 Å². The second kappa shape index (κ2) is 14.3. The average Bonchev–Trinajstić information content (AvgIpc) is 2.44. The molecule has 0 aromatic carbocycles. The van der Waals surface area contributed by atoms with Crippen LogP contribution in [0.15, 0.2) is 0 Å². The zero-order valence-corrected chi connectivity index (χ0v) is 13.5. The SMILES string of the molecule is CCCCCCCCCC(NCCC)C(OC)OC. The van der Waals surface area contributed by atoms with Gasteiger partial charge >= 0.3 is 0 Å². The van der Waals surface area contributed by atoms with Gasteiger partial charge in [-0.25, -0.2) is 0 Å². The molecule has 0 amide bonds. The first-order chi connectivity index (χ1) is 9.29. The molecule has 1 unspecified atom stereocenters. The second-order valence-corrected chi connectivity index (χ2v) is 5.31. The van der Waals surface area contributed by atoms with Crippen molar-refractivity contribution in [3.8, 4) is 0 Å². The van der Waals surface area contributed by atoms with Gasteiger partial charge < -0.3 is 14.8 Å². The lowest BCUT2D eigenvalue weighted by molar-refractivity contribution is -0.124. The third-order valence-corrected chi connectivity index (χ3v) is 3.57. The van der Waals surface area contributed by atoms with Crippen molar-refractivity contribution < 1.29 is 9.47 Å². The molecule has 3 nitrogen and oxygen atoms in total. The number of rotatable bonds is 14. The summed E-state index contributed by atoms with van der Waals surface area (Å²) in [5, 5.41) is 3.53. The molecule has 0 heterocycles. The number of nitrogens with one attached hydrogen (secondary N) is 1. The molecule has 3 heteroatoms. The summed E-state index contributed by atoms with van der Waals surface area (Å²) in [6, 6.07) is 0.325. The molecule has 0 rings (SSSR count). The van der Waals surface area contributed by atoms with Crippen LogP contribution in [0.1, 0.15) is 71.6 Å².